The fourth-order valence-corrected chi connectivity index (χ4v) is 3.03. The Morgan fingerprint density at radius 3 is 2.85 bits per heavy atom. The maximum atomic E-state index is 12.5. The molecule has 0 saturated carbocycles. The highest BCUT2D eigenvalue weighted by Crippen LogP contribution is 2.29. The van der Waals surface area contributed by atoms with Crippen LogP contribution in [-0.4, -0.2) is 25.0 Å². The summed E-state index contributed by atoms with van der Waals surface area (Å²) in [6.45, 7) is 5.84. The number of amides is 1. The van der Waals surface area contributed by atoms with E-state index >= 15 is 0 Å². The van der Waals surface area contributed by atoms with E-state index in [0.717, 1.165) is 42.9 Å². The molecule has 1 aromatic rings. The number of hydrogen-bond donors (Lipinski definition) is 2. The molecule has 0 spiro atoms. The molecule has 1 aromatic carbocycles. The molecule has 0 bridgehead atoms. The van der Waals surface area contributed by atoms with Crippen LogP contribution < -0.4 is 10.6 Å². The maximum Gasteiger partial charge on any atom is 0.227 e. The Morgan fingerprint density at radius 1 is 1.50 bits per heavy atom. The van der Waals surface area contributed by atoms with Crippen molar-refractivity contribution in [3.05, 3.63) is 34.9 Å². The van der Waals surface area contributed by atoms with Crippen molar-refractivity contribution in [1.29, 1.82) is 0 Å². The van der Waals surface area contributed by atoms with Gasteiger partial charge in [0.2, 0.25) is 5.91 Å². The molecule has 0 aromatic heterocycles. The molecule has 1 saturated heterocycles. The highest BCUT2D eigenvalue weighted by Gasteiger charge is 2.39. The van der Waals surface area contributed by atoms with Crippen LogP contribution in [-0.2, 0) is 11.2 Å². The van der Waals surface area contributed by atoms with Crippen LogP contribution in [0.25, 0.3) is 0 Å². The minimum atomic E-state index is -0.227. The zero-order valence-electron chi connectivity index (χ0n) is 12.2. The van der Waals surface area contributed by atoms with Gasteiger partial charge in [-0.1, -0.05) is 36.7 Å². The van der Waals surface area contributed by atoms with Gasteiger partial charge in [0.1, 0.15) is 0 Å². The Morgan fingerprint density at radius 2 is 2.25 bits per heavy atom. The van der Waals surface area contributed by atoms with Gasteiger partial charge < -0.3 is 10.6 Å². The van der Waals surface area contributed by atoms with Crippen LogP contribution in [0.15, 0.2) is 24.3 Å². The summed E-state index contributed by atoms with van der Waals surface area (Å²) in [5, 5.41) is 7.21. The molecule has 0 aliphatic carbocycles. The quantitative estimate of drug-likeness (QED) is 0.877. The molecular formula is C16H23ClN2O. The zero-order valence-corrected chi connectivity index (χ0v) is 13.0. The molecule has 1 aliphatic rings. The van der Waals surface area contributed by atoms with Crippen molar-refractivity contribution in [1.82, 2.24) is 10.6 Å². The summed E-state index contributed by atoms with van der Waals surface area (Å²) in [4.78, 5) is 12.5. The molecule has 3 nitrogen and oxygen atoms in total. The fourth-order valence-electron chi connectivity index (χ4n) is 2.82. The van der Waals surface area contributed by atoms with Crippen molar-refractivity contribution in [2.24, 2.45) is 5.41 Å². The number of carbonyl (C=O) groups is 1. The Labute approximate surface area is 126 Å². The van der Waals surface area contributed by atoms with Crippen molar-refractivity contribution < 1.29 is 4.79 Å². The molecule has 110 valence electrons. The third-order valence-corrected chi connectivity index (χ3v) is 4.63. The van der Waals surface area contributed by atoms with Gasteiger partial charge >= 0.3 is 0 Å². The highest BCUT2D eigenvalue weighted by molar-refractivity contribution is 6.31. The lowest BCUT2D eigenvalue weighted by Crippen LogP contribution is -2.46. The SMILES string of the molecule is CCC1(C(=O)NC(C)Cc2ccccc2Cl)CCNC1. The van der Waals surface area contributed by atoms with Gasteiger partial charge in [0, 0.05) is 17.6 Å². The molecule has 1 aliphatic heterocycles. The van der Waals surface area contributed by atoms with E-state index in [-0.39, 0.29) is 17.4 Å². The largest absolute Gasteiger partial charge is 0.353 e. The van der Waals surface area contributed by atoms with E-state index < -0.39 is 0 Å². The van der Waals surface area contributed by atoms with Crippen molar-refractivity contribution in [2.75, 3.05) is 13.1 Å². The second-order valence-corrected chi connectivity index (χ2v) is 6.14. The number of hydrogen-bond acceptors (Lipinski definition) is 2. The number of rotatable bonds is 5. The van der Waals surface area contributed by atoms with Gasteiger partial charge in [0.05, 0.1) is 5.41 Å². The van der Waals surface area contributed by atoms with Crippen LogP contribution in [0.2, 0.25) is 5.02 Å². The van der Waals surface area contributed by atoms with E-state index in [4.69, 9.17) is 11.6 Å². The molecule has 1 fully saturated rings. The van der Waals surface area contributed by atoms with Gasteiger partial charge in [0.15, 0.2) is 0 Å². The minimum Gasteiger partial charge on any atom is -0.353 e. The van der Waals surface area contributed by atoms with Crippen LogP contribution >= 0.6 is 11.6 Å². The lowest BCUT2D eigenvalue weighted by molar-refractivity contribution is -0.130. The van der Waals surface area contributed by atoms with Crippen molar-refractivity contribution in [3.63, 3.8) is 0 Å². The molecule has 1 amide bonds. The second-order valence-electron chi connectivity index (χ2n) is 5.73. The predicted octanol–water partition coefficient (Wildman–Crippen LogP) is 2.78. The zero-order chi connectivity index (χ0) is 14.6. The summed E-state index contributed by atoms with van der Waals surface area (Å²) in [6, 6.07) is 7.89. The molecule has 2 N–H and O–H groups in total. The van der Waals surface area contributed by atoms with Gasteiger partial charge in [-0.25, -0.2) is 0 Å². The Kier molecular flexibility index (Phi) is 5.06. The highest BCUT2D eigenvalue weighted by atomic mass is 35.5. The van der Waals surface area contributed by atoms with Crippen LogP contribution in [0.5, 0.6) is 0 Å². The summed E-state index contributed by atoms with van der Waals surface area (Å²) in [7, 11) is 0. The lowest BCUT2D eigenvalue weighted by Gasteiger charge is -2.27. The molecule has 0 radical (unpaired) electrons. The number of halogens is 1. The molecule has 20 heavy (non-hydrogen) atoms. The van der Waals surface area contributed by atoms with Gasteiger partial charge in [-0.05, 0) is 44.4 Å². The molecular weight excluding hydrogens is 272 g/mol. The van der Waals surface area contributed by atoms with Crippen molar-refractivity contribution in [2.45, 2.75) is 39.2 Å². The Bertz CT molecular complexity index is 469. The van der Waals surface area contributed by atoms with E-state index in [0.29, 0.717) is 0 Å². The van der Waals surface area contributed by atoms with Gasteiger partial charge in [-0.2, -0.15) is 0 Å². The second kappa shape index (κ2) is 6.59. The third kappa shape index (κ3) is 3.33. The number of benzene rings is 1. The van der Waals surface area contributed by atoms with E-state index in [1.807, 2.05) is 31.2 Å². The fraction of sp³-hybridized carbons (Fsp3) is 0.562. The van der Waals surface area contributed by atoms with Crippen LogP contribution in [0.1, 0.15) is 32.3 Å². The summed E-state index contributed by atoms with van der Waals surface area (Å²) in [5.41, 5.74) is 0.853. The number of carbonyl (C=O) groups excluding carboxylic acids is 1. The summed E-state index contributed by atoms with van der Waals surface area (Å²) >= 11 is 6.16. The first-order valence-corrected chi connectivity index (χ1v) is 7.70. The maximum absolute atomic E-state index is 12.5. The van der Waals surface area contributed by atoms with Crippen LogP contribution in [0.4, 0.5) is 0 Å². The normalized spacial score (nSPS) is 23.6. The first kappa shape index (κ1) is 15.3. The summed E-state index contributed by atoms with van der Waals surface area (Å²) in [5.74, 6) is 0.171. The van der Waals surface area contributed by atoms with Gasteiger partial charge in [-0.3, -0.25) is 4.79 Å². The molecule has 1 heterocycles. The average Bonchev–Trinajstić information content (AvgIpc) is 2.91. The molecule has 2 rings (SSSR count). The lowest BCUT2D eigenvalue weighted by atomic mass is 9.83. The van der Waals surface area contributed by atoms with E-state index in [1.54, 1.807) is 0 Å². The third-order valence-electron chi connectivity index (χ3n) is 4.26. The average molecular weight is 295 g/mol. The monoisotopic (exact) mass is 294 g/mol. The number of nitrogens with one attached hydrogen (secondary N) is 2. The molecule has 4 heteroatoms. The first-order chi connectivity index (χ1) is 9.57. The molecule has 2 unspecified atom stereocenters. The first-order valence-electron chi connectivity index (χ1n) is 7.32. The van der Waals surface area contributed by atoms with Crippen molar-refractivity contribution in [3.8, 4) is 0 Å². The standard InChI is InChI=1S/C16H23ClN2O/c1-3-16(8-9-18-11-16)15(20)19-12(2)10-13-6-4-5-7-14(13)17/h4-7,12,18H,3,8-11H2,1-2H3,(H,19,20). The van der Waals surface area contributed by atoms with Crippen LogP contribution in [0, 0.1) is 5.41 Å². The van der Waals surface area contributed by atoms with E-state index in [9.17, 15) is 4.79 Å². The molecule has 2 atom stereocenters. The predicted molar refractivity (Wildman–Crippen MR) is 83.0 cm³/mol. The minimum absolute atomic E-state index is 0.0893. The van der Waals surface area contributed by atoms with Crippen molar-refractivity contribution >= 4 is 17.5 Å². The summed E-state index contributed by atoms with van der Waals surface area (Å²) in [6.07, 6.45) is 2.57. The van der Waals surface area contributed by atoms with E-state index in [1.165, 1.54) is 0 Å². The topological polar surface area (TPSA) is 41.1 Å². The van der Waals surface area contributed by atoms with Crippen LogP contribution in [0.3, 0.4) is 0 Å². The van der Waals surface area contributed by atoms with E-state index in [2.05, 4.69) is 17.6 Å². The van der Waals surface area contributed by atoms with Gasteiger partial charge in [-0.15, -0.1) is 0 Å². The Hall–Kier alpha value is -1.06. The van der Waals surface area contributed by atoms with Gasteiger partial charge in [0.25, 0.3) is 0 Å². The summed E-state index contributed by atoms with van der Waals surface area (Å²) < 4.78 is 0. The smallest absolute Gasteiger partial charge is 0.227 e. The Balaban J connectivity index is 1.96.